The first-order valence-corrected chi connectivity index (χ1v) is 9.91. The molecule has 1 aromatic carbocycles. The van der Waals surface area contributed by atoms with Gasteiger partial charge in [0.25, 0.3) is 0 Å². The molecule has 8 heteroatoms. The van der Waals surface area contributed by atoms with Crippen LogP contribution in [0.25, 0.3) is 11.0 Å². The Kier molecular flexibility index (Phi) is 7.09. The summed E-state index contributed by atoms with van der Waals surface area (Å²) in [7, 11) is 3.23. The number of benzene rings is 1. The molecule has 3 rings (SSSR count). The van der Waals surface area contributed by atoms with Gasteiger partial charge < -0.3 is 20.5 Å². The Balaban J connectivity index is 1.87. The van der Waals surface area contributed by atoms with E-state index >= 15 is 0 Å². The van der Waals surface area contributed by atoms with E-state index in [1.54, 1.807) is 14.1 Å². The van der Waals surface area contributed by atoms with Crippen molar-refractivity contribution in [2.45, 2.75) is 31.4 Å². The number of fused-ring (bicyclic) bond motifs is 1. The summed E-state index contributed by atoms with van der Waals surface area (Å²) in [4.78, 5) is 25.2. The molecule has 1 aliphatic rings. The summed E-state index contributed by atoms with van der Waals surface area (Å²) >= 11 is 0. The number of nitrogens with one attached hydrogen (secondary N) is 2. The van der Waals surface area contributed by atoms with Crippen molar-refractivity contribution in [2.24, 2.45) is 7.05 Å². The first-order valence-electron chi connectivity index (χ1n) is 9.91. The molecule has 1 saturated heterocycles. The van der Waals surface area contributed by atoms with E-state index in [0.717, 1.165) is 25.1 Å². The van der Waals surface area contributed by atoms with E-state index in [4.69, 9.17) is 9.84 Å². The van der Waals surface area contributed by atoms with Crippen LogP contribution in [0, 0.1) is 11.8 Å². The smallest absolute Gasteiger partial charge is 0.329 e. The third-order valence-electron chi connectivity index (χ3n) is 5.22. The summed E-state index contributed by atoms with van der Waals surface area (Å²) in [5, 5.41) is 15.0. The summed E-state index contributed by atoms with van der Waals surface area (Å²) in [6.45, 7) is 2.18. The second-order valence-corrected chi connectivity index (χ2v) is 7.14. The van der Waals surface area contributed by atoms with E-state index in [2.05, 4.69) is 22.5 Å². The fraction of sp³-hybridized carbons (Fsp3) is 0.524. The van der Waals surface area contributed by atoms with Crippen LogP contribution in [0.15, 0.2) is 23.0 Å². The molecule has 2 atom stereocenters. The highest BCUT2D eigenvalue weighted by Crippen LogP contribution is 2.21. The van der Waals surface area contributed by atoms with Crippen LogP contribution in [0.5, 0.6) is 0 Å². The lowest BCUT2D eigenvalue weighted by Crippen LogP contribution is -2.36. The molecule has 1 aromatic heterocycles. The number of hydrogen-bond acceptors (Lipinski definition) is 5. The van der Waals surface area contributed by atoms with Crippen LogP contribution in [0.2, 0.25) is 0 Å². The van der Waals surface area contributed by atoms with Gasteiger partial charge in [0.05, 0.1) is 17.1 Å². The van der Waals surface area contributed by atoms with E-state index in [1.807, 2.05) is 18.2 Å². The van der Waals surface area contributed by atoms with E-state index in [0.29, 0.717) is 30.5 Å². The molecule has 0 radical (unpaired) electrons. The Hall–Kier alpha value is -2.60. The van der Waals surface area contributed by atoms with E-state index in [9.17, 15) is 9.59 Å². The van der Waals surface area contributed by atoms with Gasteiger partial charge in [0.1, 0.15) is 12.6 Å². The van der Waals surface area contributed by atoms with Crippen molar-refractivity contribution in [3.63, 3.8) is 0 Å². The van der Waals surface area contributed by atoms with Crippen LogP contribution in [-0.2, 0) is 16.6 Å². The predicted octanol–water partition coefficient (Wildman–Crippen LogP) is 0.130. The van der Waals surface area contributed by atoms with Gasteiger partial charge in [-0.3, -0.25) is 13.9 Å². The minimum atomic E-state index is -0.672. The normalized spacial score (nSPS) is 17.1. The Bertz CT molecular complexity index is 976. The zero-order valence-electron chi connectivity index (χ0n) is 16.9. The Morgan fingerprint density at radius 3 is 2.97 bits per heavy atom. The number of carbonyl (C=O) groups excluding carboxylic acids is 1. The van der Waals surface area contributed by atoms with Crippen molar-refractivity contribution in [3.8, 4) is 11.8 Å². The number of aryl methyl sites for hydroxylation is 1. The number of hydrogen-bond donors (Lipinski definition) is 3. The first-order chi connectivity index (χ1) is 14.1. The number of carbonyl (C=O) groups is 1. The fourth-order valence-electron chi connectivity index (χ4n) is 3.64. The lowest BCUT2D eigenvalue weighted by Gasteiger charge is -2.16. The van der Waals surface area contributed by atoms with Gasteiger partial charge in [0, 0.05) is 32.8 Å². The van der Waals surface area contributed by atoms with Crippen molar-refractivity contribution < 1.29 is 14.6 Å². The summed E-state index contributed by atoms with van der Waals surface area (Å²) < 4.78 is 8.73. The minimum absolute atomic E-state index is 0.0360. The van der Waals surface area contributed by atoms with Gasteiger partial charge in [-0.15, -0.1) is 0 Å². The van der Waals surface area contributed by atoms with Crippen molar-refractivity contribution >= 4 is 16.9 Å². The SMILES string of the molecule is CNC(=O)C(CCCO)n1c(=O)n(C)c2cc(C#CCOC3CCNC3)ccc21. The van der Waals surface area contributed by atoms with Crippen molar-refractivity contribution in [2.75, 3.05) is 33.4 Å². The molecule has 2 unspecified atom stereocenters. The van der Waals surface area contributed by atoms with E-state index < -0.39 is 6.04 Å². The maximum atomic E-state index is 12.9. The Labute approximate surface area is 169 Å². The summed E-state index contributed by atoms with van der Waals surface area (Å²) in [6.07, 6.45) is 2.04. The number of nitrogens with zero attached hydrogens (tertiary/aromatic N) is 2. The minimum Gasteiger partial charge on any atom is -0.396 e. The van der Waals surface area contributed by atoms with Crippen LogP contribution in [0.4, 0.5) is 0 Å². The monoisotopic (exact) mass is 400 g/mol. The number of amides is 1. The molecular weight excluding hydrogens is 372 g/mol. The Morgan fingerprint density at radius 2 is 2.28 bits per heavy atom. The van der Waals surface area contributed by atoms with Gasteiger partial charge in [0.15, 0.2) is 0 Å². The zero-order chi connectivity index (χ0) is 20.8. The van der Waals surface area contributed by atoms with Crippen LogP contribution in [0.3, 0.4) is 0 Å². The maximum Gasteiger partial charge on any atom is 0.329 e. The fourth-order valence-corrected chi connectivity index (χ4v) is 3.64. The second-order valence-electron chi connectivity index (χ2n) is 7.14. The van der Waals surface area contributed by atoms with E-state index in [1.165, 1.54) is 9.13 Å². The first kappa shape index (κ1) is 21.1. The lowest BCUT2D eigenvalue weighted by atomic mass is 10.1. The number of aliphatic hydroxyl groups is 1. The quantitative estimate of drug-likeness (QED) is 0.574. The van der Waals surface area contributed by atoms with Gasteiger partial charge in [-0.1, -0.05) is 11.8 Å². The van der Waals surface area contributed by atoms with Gasteiger partial charge in [-0.05, 0) is 44.0 Å². The van der Waals surface area contributed by atoms with Crippen LogP contribution in [-0.4, -0.2) is 59.6 Å². The molecule has 0 aliphatic carbocycles. The molecule has 0 saturated carbocycles. The molecule has 0 bridgehead atoms. The molecule has 0 spiro atoms. The number of aromatic nitrogens is 2. The van der Waals surface area contributed by atoms with Gasteiger partial charge in [-0.25, -0.2) is 4.79 Å². The number of likely N-dealkylation sites (N-methyl/N-ethyl adjacent to an activating group) is 1. The molecule has 8 nitrogen and oxygen atoms in total. The van der Waals surface area contributed by atoms with Crippen LogP contribution >= 0.6 is 0 Å². The third-order valence-corrected chi connectivity index (χ3v) is 5.22. The van der Waals surface area contributed by atoms with Crippen molar-refractivity contribution in [1.29, 1.82) is 0 Å². The standard InChI is InChI=1S/C21H28N4O4/c1-22-20(27)18(6-3-11-26)25-17-8-7-15(13-19(17)24(2)21(25)28)5-4-12-29-16-9-10-23-14-16/h7-8,13,16,18,23,26H,3,6,9-12,14H2,1-2H3,(H,22,27). The van der Waals surface area contributed by atoms with Gasteiger partial charge in [-0.2, -0.15) is 0 Å². The van der Waals surface area contributed by atoms with E-state index in [-0.39, 0.29) is 24.3 Å². The number of aliphatic hydroxyl groups excluding tert-OH is 1. The number of imidazole rings is 1. The molecule has 2 heterocycles. The van der Waals surface area contributed by atoms with Crippen molar-refractivity contribution in [3.05, 3.63) is 34.2 Å². The molecule has 29 heavy (non-hydrogen) atoms. The molecule has 156 valence electrons. The van der Waals surface area contributed by atoms with Crippen LogP contribution < -0.4 is 16.3 Å². The largest absolute Gasteiger partial charge is 0.396 e. The predicted molar refractivity (Wildman–Crippen MR) is 111 cm³/mol. The maximum absolute atomic E-state index is 12.9. The molecular formula is C21H28N4O4. The molecule has 1 aliphatic heterocycles. The third kappa shape index (κ3) is 4.70. The average Bonchev–Trinajstić information content (AvgIpc) is 3.34. The summed E-state index contributed by atoms with van der Waals surface area (Å²) in [5.41, 5.74) is 1.89. The topological polar surface area (TPSA) is 97.5 Å². The van der Waals surface area contributed by atoms with Crippen LogP contribution in [0.1, 0.15) is 30.9 Å². The highest BCUT2D eigenvalue weighted by Gasteiger charge is 2.24. The summed E-state index contributed by atoms with van der Waals surface area (Å²) in [6, 6.07) is 4.84. The lowest BCUT2D eigenvalue weighted by molar-refractivity contribution is -0.124. The zero-order valence-corrected chi connectivity index (χ0v) is 16.9. The molecule has 1 amide bonds. The number of ether oxygens (including phenoxy) is 1. The molecule has 1 fully saturated rings. The number of rotatable bonds is 7. The van der Waals surface area contributed by atoms with Gasteiger partial charge >= 0.3 is 5.69 Å². The second kappa shape index (κ2) is 9.74. The molecule has 2 aromatic rings. The Morgan fingerprint density at radius 1 is 1.45 bits per heavy atom. The summed E-state index contributed by atoms with van der Waals surface area (Å²) in [5.74, 6) is 5.85. The highest BCUT2D eigenvalue weighted by atomic mass is 16.5. The molecule has 3 N–H and O–H groups in total. The van der Waals surface area contributed by atoms with Gasteiger partial charge in [0.2, 0.25) is 5.91 Å². The average molecular weight is 400 g/mol. The van der Waals surface area contributed by atoms with Crippen molar-refractivity contribution in [1.82, 2.24) is 19.8 Å². The highest BCUT2D eigenvalue weighted by molar-refractivity contribution is 5.84.